The first-order chi connectivity index (χ1) is 9.11. The van der Waals surface area contributed by atoms with E-state index in [9.17, 15) is 18.0 Å². The number of carbonyl (C=O) groups excluding carboxylic acids is 1. The molecule has 1 aromatic rings. The lowest BCUT2D eigenvalue weighted by atomic mass is 10.2. The predicted octanol–water partition coefficient (Wildman–Crippen LogP) is 1.36. The highest BCUT2D eigenvalue weighted by Crippen LogP contribution is 2.36. The van der Waals surface area contributed by atoms with Crippen LogP contribution in [0.15, 0.2) is 17.0 Å². The Morgan fingerprint density at radius 1 is 1.35 bits per heavy atom. The molecule has 110 valence electrons. The summed E-state index contributed by atoms with van der Waals surface area (Å²) in [5, 5.41) is 9.24. The first-order valence-corrected chi connectivity index (χ1v) is 7.48. The quantitative estimate of drug-likeness (QED) is 0.840. The summed E-state index contributed by atoms with van der Waals surface area (Å²) in [5.74, 6) is -2.00. The molecule has 0 aliphatic rings. The molecule has 0 saturated carbocycles. The number of benzene rings is 1. The lowest BCUT2D eigenvalue weighted by Crippen LogP contribution is -2.29. The van der Waals surface area contributed by atoms with Crippen molar-refractivity contribution in [3.05, 3.63) is 22.7 Å². The van der Waals surface area contributed by atoms with E-state index in [-0.39, 0.29) is 16.1 Å². The Hall–Kier alpha value is -1.64. The Kier molecular flexibility index (Phi) is 4.74. The Morgan fingerprint density at radius 3 is 2.25 bits per heavy atom. The van der Waals surface area contributed by atoms with Gasteiger partial charge in [-0.3, -0.25) is 9.63 Å². The second-order valence-corrected chi connectivity index (χ2v) is 6.21. The van der Waals surface area contributed by atoms with Crippen molar-refractivity contribution in [1.82, 2.24) is 0 Å². The van der Waals surface area contributed by atoms with Gasteiger partial charge < -0.3 is 5.11 Å². The highest BCUT2D eigenvalue weighted by Gasteiger charge is 2.27. The fourth-order valence-electron chi connectivity index (χ4n) is 1.58. The molecule has 1 aromatic carbocycles. The summed E-state index contributed by atoms with van der Waals surface area (Å²) in [6, 6.07) is 2.12. The smallest absolute Gasteiger partial charge is 0.337 e. The minimum atomic E-state index is -3.74. The van der Waals surface area contributed by atoms with Gasteiger partial charge in [-0.1, -0.05) is 11.6 Å². The van der Waals surface area contributed by atoms with Gasteiger partial charge in [0.1, 0.15) is 5.69 Å². The maximum Gasteiger partial charge on any atom is 0.337 e. The van der Waals surface area contributed by atoms with Gasteiger partial charge in [0.15, 0.2) is 9.84 Å². The molecular weight excluding hydrogens is 310 g/mol. The predicted molar refractivity (Wildman–Crippen MR) is 71.7 cm³/mol. The number of sulfone groups is 1. The number of nitrogens with zero attached hydrogens (tertiary/aromatic N) is 1. The maximum absolute atomic E-state index is 11.7. The summed E-state index contributed by atoms with van der Waals surface area (Å²) >= 11 is 5.91. The number of hydrogen-bond acceptors (Lipinski definition) is 5. The number of anilines is 1. The third-order valence-electron chi connectivity index (χ3n) is 2.38. The van der Waals surface area contributed by atoms with Gasteiger partial charge in [0, 0.05) is 13.2 Å². The summed E-state index contributed by atoms with van der Waals surface area (Å²) in [5.41, 5.74) is -0.651. The van der Waals surface area contributed by atoms with Crippen molar-refractivity contribution in [2.75, 3.05) is 18.4 Å². The molecule has 0 bridgehead atoms. The number of amides is 1. The SMILES string of the molecule is CON(C(C)=O)c1c(S(C)(=O)=O)ccc(C(=O)O)c1Cl. The van der Waals surface area contributed by atoms with E-state index >= 15 is 0 Å². The van der Waals surface area contributed by atoms with Crippen molar-refractivity contribution >= 4 is 39.0 Å². The summed E-state index contributed by atoms with van der Waals surface area (Å²) in [4.78, 5) is 27.0. The number of hydroxylamine groups is 1. The van der Waals surface area contributed by atoms with E-state index in [1.165, 1.54) is 0 Å². The van der Waals surface area contributed by atoms with Crippen molar-refractivity contribution in [3.63, 3.8) is 0 Å². The normalized spacial score (nSPS) is 11.2. The topological polar surface area (TPSA) is 101 Å². The van der Waals surface area contributed by atoms with Crippen LogP contribution in [0.1, 0.15) is 17.3 Å². The minimum Gasteiger partial charge on any atom is -0.478 e. The van der Waals surface area contributed by atoms with E-state index in [2.05, 4.69) is 0 Å². The van der Waals surface area contributed by atoms with Gasteiger partial charge in [0.25, 0.3) is 0 Å². The van der Waals surface area contributed by atoms with Crippen molar-refractivity contribution in [3.8, 4) is 0 Å². The van der Waals surface area contributed by atoms with Crippen molar-refractivity contribution < 1.29 is 28.0 Å². The van der Waals surface area contributed by atoms with Crippen LogP contribution in [0.3, 0.4) is 0 Å². The molecule has 0 aliphatic heterocycles. The van der Waals surface area contributed by atoms with Crippen molar-refractivity contribution in [2.24, 2.45) is 0 Å². The van der Waals surface area contributed by atoms with Gasteiger partial charge in [-0.2, -0.15) is 5.06 Å². The van der Waals surface area contributed by atoms with Gasteiger partial charge in [-0.15, -0.1) is 0 Å². The molecule has 0 spiro atoms. The molecule has 7 nitrogen and oxygen atoms in total. The molecule has 0 unspecified atom stereocenters. The van der Waals surface area contributed by atoms with E-state index in [4.69, 9.17) is 21.5 Å². The number of carboxylic acids is 1. The first-order valence-electron chi connectivity index (χ1n) is 5.22. The highest BCUT2D eigenvalue weighted by atomic mass is 35.5. The molecule has 0 aromatic heterocycles. The number of aromatic carboxylic acids is 1. The van der Waals surface area contributed by atoms with E-state index in [0.717, 1.165) is 32.4 Å². The van der Waals surface area contributed by atoms with Crippen LogP contribution in [0.5, 0.6) is 0 Å². The standard InChI is InChI=1S/C11H12ClNO6S/c1-6(14)13(19-2)10-8(20(3,17)18)5-4-7(9(10)12)11(15)16/h4-5H,1-3H3,(H,15,16). The molecule has 1 rings (SSSR count). The molecule has 0 aliphatic carbocycles. The van der Waals surface area contributed by atoms with E-state index in [1.54, 1.807) is 0 Å². The number of carboxylic acid groups (broad SMARTS) is 1. The average molecular weight is 322 g/mol. The van der Waals surface area contributed by atoms with E-state index in [1.807, 2.05) is 0 Å². The van der Waals surface area contributed by atoms with Gasteiger partial charge >= 0.3 is 5.97 Å². The molecule has 1 N–H and O–H groups in total. The second-order valence-electron chi connectivity index (χ2n) is 3.85. The Morgan fingerprint density at radius 2 is 1.90 bits per heavy atom. The molecule has 0 saturated heterocycles. The van der Waals surface area contributed by atoms with Crippen molar-refractivity contribution in [2.45, 2.75) is 11.8 Å². The fraction of sp³-hybridized carbons (Fsp3) is 0.273. The van der Waals surface area contributed by atoms with Crippen LogP contribution in [0.25, 0.3) is 0 Å². The molecule has 0 atom stereocenters. The summed E-state index contributed by atoms with van der Waals surface area (Å²) in [6.07, 6.45) is 0.913. The van der Waals surface area contributed by atoms with Crippen LogP contribution in [0.2, 0.25) is 5.02 Å². The molecule has 0 radical (unpaired) electrons. The van der Waals surface area contributed by atoms with Crippen LogP contribution in [-0.2, 0) is 19.5 Å². The zero-order valence-electron chi connectivity index (χ0n) is 10.9. The number of hydrogen-bond donors (Lipinski definition) is 1. The molecule has 9 heteroatoms. The molecular formula is C11H12ClNO6S. The number of carbonyl (C=O) groups is 2. The first kappa shape index (κ1) is 16.4. The summed E-state index contributed by atoms with van der Waals surface area (Å²) in [7, 11) is -2.60. The van der Waals surface area contributed by atoms with Gasteiger partial charge in [-0.25, -0.2) is 13.2 Å². The average Bonchev–Trinajstić information content (AvgIpc) is 2.29. The number of halogens is 1. The third-order valence-corrected chi connectivity index (χ3v) is 3.89. The Balaban J connectivity index is 3.78. The van der Waals surface area contributed by atoms with Gasteiger partial charge in [0.05, 0.1) is 22.6 Å². The second kappa shape index (κ2) is 5.78. The Bertz CT molecular complexity index is 670. The fourth-order valence-corrected chi connectivity index (χ4v) is 2.81. The van der Waals surface area contributed by atoms with E-state index in [0.29, 0.717) is 5.06 Å². The zero-order chi connectivity index (χ0) is 15.7. The van der Waals surface area contributed by atoms with Crippen LogP contribution >= 0.6 is 11.6 Å². The maximum atomic E-state index is 11.7. The highest BCUT2D eigenvalue weighted by molar-refractivity contribution is 7.90. The summed E-state index contributed by atoms with van der Waals surface area (Å²) in [6.45, 7) is 1.12. The van der Waals surface area contributed by atoms with E-state index < -0.39 is 26.7 Å². The van der Waals surface area contributed by atoms with Crippen LogP contribution in [0.4, 0.5) is 5.69 Å². The van der Waals surface area contributed by atoms with Crippen LogP contribution in [-0.4, -0.2) is 38.8 Å². The largest absolute Gasteiger partial charge is 0.478 e. The lowest BCUT2D eigenvalue weighted by Gasteiger charge is -2.22. The lowest BCUT2D eigenvalue weighted by molar-refractivity contribution is -0.122. The van der Waals surface area contributed by atoms with Gasteiger partial charge in [0.2, 0.25) is 5.91 Å². The summed E-state index contributed by atoms with van der Waals surface area (Å²) < 4.78 is 23.5. The van der Waals surface area contributed by atoms with Gasteiger partial charge in [-0.05, 0) is 12.1 Å². The van der Waals surface area contributed by atoms with Crippen LogP contribution < -0.4 is 5.06 Å². The minimum absolute atomic E-state index is 0.301. The van der Waals surface area contributed by atoms with Crippen molar-refractivity contribution in [1.29, 1.82) is 0 Å². The van der Waals surface area contributed by atoms with Crippen LogP contribution in [0, 0.1) is 0 Å². The number of rotatable bonds is 4. The zero-order valence-corrected chi connectivity index (χ0v) is 12.4. The Labute approximate surface area is 120 Å². The molecule has 0 fully saturated rings. The third kappa shape index (κ3) is 3.09. The monoisotopic (exact) mass is 321 g/mol. The molecule has 0 heterocycles. The molecule has 20 heavy (non-hydrogen) atoms. The molecule has 1 amide bonds.